The van der Waals surface area contributed by atoms with Crippen molar-refractivity contribution in [1.29, 1.82) is 0 Å². The highest BCUT2D eigenvalue weighted by Crippen LogP contribution is 2.27. The highest BCUT2D eigenvalue weighted by atomic mass is 16.5. The topological polar surface area (TPSA) is 32.7 Å². The number of piperidine rings is 1. The van der Waals surface area contributed by atoms with E-state index in [4.69, 9.17) is 4.74 Å². The lowest BCUT2D eigenvalue weighted by Gasteiger charge is -2.40. The van der Waals surface area contributed by atoms with Gasteiger partial charge in [0.05, 0.1) is 12.7 Å². The fourth-order valence-corrected chi connectivity index (χ4v) is 3.22. The Morgan fingerprint density at radius 3 is 2.62 bits per heavy atom. The minimum absolute atomic E-state index is 0.0317. The summed E-state index contributed by atoms with van der Waals surface area (Å²) in [6.45, 7) is 3.36. The van der Waals surface area contributed by atoms with Gasteiger partial charge in [-0.2, -0.15) is 0 Å². The second kappa shape index (κ2) is 5.99. The summed E-state index contributed by atoms with van der Waals surface area (Å²) in [5, 5.41) is 9.52. The predicted molar refractivity (Wildman–Crippen MR) is 64.4 cm³/mol. The van der Waals surface area contributed by atoms with Crippen LogP contribution in [0.3, 0.4) is 0 Å². The van der Waals surface area contributed by atoms with E-state index >= 15 is 0 Å². The Labute approximate surface area is 98.8 Å². The molecule has 0 spiro atoms. The quantitative estimate of drug-likeness (QED) is 0.795. The van der Waals surface area contributed by atoms with E-state index in [1.54, 1.807) is 7.11 Å². The highest BCUT2D eigenvalue weighted by molar-refractivity contribution is 4.83. The number of hydrogen-bond donors (Lipinski definition) is 1. The molecule has 1 saturated heterocycles. The standard InChI is InChI=1S/C13H25NO2/c1-16-10-11-3-2-8-14(9-11)12-4-6-13(15)7-5-12/h11-13,15H,2-10H2,1H3. The molecule has 3 heteroatoms. The molecule has 0 amide bonds. The van der Waals surface area contributed by atoms with Gasteiger partial charge in [-0.3, -0.25) is 0 Å². The summed E-state index contributed by atoms with van der Waals surface area (Å²) >= 11 is 0. The van der Waals surface area contributed by atoms with E-state index in [0.717, 1.165) is 31.4 Å². The smallest absolute Gasteiger partial charge is 0.0541 e. The van der Waals surface area contributed by atoms with Gasteiger partial charge in [0, 0.05) is 19.7 Å². The number of aliphatic hydroxyl groups is 1. The van der Waals surface area contributed by atoms with Crippen molar-refractivity contribution in [2.45, 2.75) is 50.7 Å². The Morgan fingerprint density at radius 1 is 1.19 bits per heavy atom. The van der Waals surface area contributed by atoms with Crippen LogP contribution in [0.1, 0.15) is 38.5 Å². The molecule has 0 aromatic carbocycles. The number of likely N-dealkylation sites (tertiary alicyclic amines) is 1. The first-order valence-corrected chi connectivity index (χ1v) is 6.70. The van der Waals surface area contributed by atoms with Crippen LogP contribution in [0.25, 0.3) is 0 Å². The molecule has 2 aliphatic rings. The lowest BCUT2D eigenvalue weighted by Crippen LogP contribution is -2.45. The van der Waals surface area contributed by atoms with Crippen molar-refractivity contribution >= 4 is 0 Å². The maximum absolute atomic E-state index is 9.52. The van der Waals surface area contributed by atoms with E-state index in [1.807, 2.05) is 0 Å². The largest absolute Gasteiger partial charge is 0.393 e. The van der Waals surface area contributed by atoms with E-state index in [9.17, 15) is 5.11 Å². The summed E-state index contributed by atoms with van der Waals surface area (Å²) in [5.41, 5.74) is 0. The molecule has 0 aromatic rings. The van der Waals surface area contributed by atoms with Gasteiger partial charge in [-0.25, -0.2) is 0 Å². The number of ether oxygens (including phenoxy) is 1. The monoisotopic (exact) mass is 227 g/mol. The van der Waals surface area contributed by atoms with Gasteiger partial charge in [-0.05, 0) is 51.0 Å². The third kappa shape index (κ3) is 3.19. The molecule has 0 bridgehead atoms. The highest BCUT2D eigenvalue weighted by Gasteiger charge is 2.28. The lowest BCUT2D eigenvalue weighted by atomic mass is 9.89. The van der Waals surface area contributed by atoms with E-state index in [2.05, 4.69) is 4.90 Å². The first-order valence-electron chi connectivity index (χ1n) is 6.70. The molecule has 1 heterocycles. The third-order valence-electron chi connectivity index (χ3n) is 4.14. The molecule has 2 rings (SSSR count). The zero-order chi connectivity index (χ0) is 11.4. The van der Waals surface area contributed by atoms with Gasteiger partial charge in [0.25, 0.3) is 0 Å². The van der Waals surface area contributed by atoms with Gasteiger partial charge in [0.15, 0.2) is 0 Å². The number of methoxy groups -OCH3 is 1. The first kappa shape index (κ1) is 12.3. The second-order valence-corrected chi connectivity index (χ2v) is 5.42. The Hall–Kier alpha value is -0.120. The van der Waals surface area contributed by atoms with E-state index in [-0.39, 0.29) is 6.10 Å². The number of aliphatic hydroxyl groups excluding tert-OH is 1. The lowest BCUT2D eigenvalue weighted by molar-refractivity contribution is 0.0331. The minimum Gasteiger partial charge on any atom is -0.393 e. The molecule has 1 unspecified atom stereocenters. The van der Waals surface area contributed by atoms with Gasteiger partial charge in [0.1, 0.15) is 0 Å². The SMILES string of the molecule is COCC1CCCN(C2CCC(O)CC2)C1. The van der Waals surface area contributed by atoms with Crippen LogP contribution in [0.5, 0.6) is 0 Å². The van der Waals surface area contributed by atoms with Crippen molar-refractivity contribution in [1.82, 2.24) is 4.90 Å². The molecular weight excluding hydrogens is 202 g/mol. The summed E-state index contributed by atoms with van der Waals surface area (Å²) in [6.07, 6.45) is 6.96. The summed E-state index contributed by atoms with van der Waals surface area (Å²) in [6, 6.07) is 0.725. The molecule has 16 heavy (non-hydrogen) atoms. The van der Waals surface area contributed by atoms with Crippen LogP contribution < -0.4 is 0 Å². The van der Waals surface area contributed by atoms with Crippen LogP contribution in [-0.4, -0.2) is 49.0 Å². The zero-order valence-corrected chi connectivity index (χ0v) is 10.4. The Kier molecular flexibility index (Phi) is 4.62. The summed E-state index contributed by atoms with van der Waals surface area (Å²) in [4.78, 5) is 2.64. The molecule has 3 nitrogen and oxygen atoms in total. The maximum Gasteiger partial charge on any atom is 0.0541 e. The Morgan fingerprint density at radius 2 is 1.94 bits per heavy atom. The van der Waals surface area contributed by atoms with Gasteiger partial charge >= 0.3 is 0 Å². The van der Waals surface area contributed by atoms with Crippen molar-refractivity contribution in [3.63, 3.8) is 0 Å². The molecule has 94 valence electrons. The molecular formula is C13H25NO2. The van der Waals surface area contributed by atoms with Gasteiger partial charge in [0.2, 0.25) is 0 Å². The minimum atomic E-state index is -0.0317. The normalized spacial score (nSPS) is 37.5. The molecule has 1 N–H and O–H groups in total. The molecule has 0 aromatic heterocycles. The molecule has 0 radical (unpaired) electrons. The van der Waals surface area contributed by atoms with E-state index in [1.165, 1.54) is 38.8 Å². The second-order valence-electron chi connectivity index (χ2n) is 5.42. The molecule has 1 aliphatic heterocycles. The predicted octanol–water partition coefficient (Wildman–Crippen LogP) is 1.65. The van der Waals surface area contributed by atoms with E-state index in [0.29, 0.717) is 0 Å². The van der Waals surface area contributed by atoms with E-state index < -0.39 is 0 Å². The van der Waals surface area contributed by atoms with Crippen molar-refractivity contribution in [3.8, 4) is 0 Å². The molecule has 2 fully saturated rings. The van der Waals surface area contributed by atoms with Crippen LogP contribution in [0.15, 0.2) is 0 Å². The Balaban J connectivity index is 1.80. The van der Waals surface area contributed by atoms with Crippen LogP contribution >= 0.6 is 0 Å². The number of hydrogen-bond acceptors (Lipinski definition) is 3. The fraction of sp³-hybridized carbons (Fsp3) is 1.00. The molecule has 1 atom stereocenters. The summed E-state index contributed by atoms with van der Waals surface area (Å²) in [5.74, 6) is 0.727. The molecule has 1 aliphatic carbocycles. The summed E-state index contributed by atoms with van der Waals surface area (Å²) in [7, 11) is 1.80. The van der Waals surface area contributed by atoms with Crippen molar-refractivity contribution in [2.75, 3.05) is 26.8 Å². The van der Waals surface area contributed by atoms with Gasteiger partial charge in [-0.1, -0.05) is 0 Å². The van der Waals surface area contributed by atoms with Crippen molar-refractivity contribution in [3.05, 3.63) is 0 Å². The van der Waals surface area contributed by atoms with Crippen molar-refractivity contribution in [2.24, 2.45) is 5.92 Å². The maximum atomic E-state index is 9.52. The van der Waals surface area contributed by atoms with Crippen LogP contribution in [0.2, 0.25) is 0 Å². The Bertz CT molecular complexity index is 200. The fourth-order valence-electron chi connectivity index (χ4n) is 3.22. The van der Waals surface area contributed by atoms with Gasteiger partial charge in [-0.15, -0.1) is 0 Å². The average Bonchev–Trinajstić information content (AvgIpc) is 2.31. The first-order chi connectivity index (χ1) is 7.79. The number of rotatable bonds is 3. The summed E-state index contributed by atoms with van der Waals surface area (Å²) < 4.78 is 5.27. The zero-order valence-electron chi connectivity index (χ0n) is 10.4. The van der Waals surface area contributed by atoms with Gasteiger partial charge < -0.3 is 14.7 Å². The molecule has 1 saturated carbocycles. The van der Waals surface area contributed by atoms with Crippen LogP contribution in [0.4, 0.5) is 0 Å². The average molecular weight is 227 g/mol. The third-order valence-corrected chi connectivity index (χ3v) is 4.14. The number of nitrogens with zero attached hydrogens (tertiary/aromatic N) is 1. The van der Waals surface area contributed by atoms with Crippen LogP contribution in [0, 0.1) is 5.92 Å². The van der Waals surface area contributed by atoms with Crippen molar-refractivity contribution < 1.29 is 9.84 Å². The van der Waals surface area contributed by atoms with Crippen LogP contribution in [-0.2, 0) is 4.74 Å².